The van der Waals surface area contributed by atoms with Crippen LogP contribution in [-0.4, -0.2) is 4.57 Å². The monoisotopic (exact) mass is 706 g/mol. The average Bonchev–Trinajstić information content (AvgIpc) is 4.04. The highest BCUT2D eigenvalue weighted by Crippen LogP contribution is 2.48. The van der Waals surface area contributed by atoms with Gasteiger partial charge < -0.3 is 13.9 Å². The second kappa shape index (κ2) is 12.0. The van der Waals surface area contributed by atoms with Crippen LogP contribution in [0.1, 0.15) is 35.1 Å². The third-order valence-corrected chi connectivity index (χ3v) is 12.4. The molecule has 0 fully saturated rings. The fraction of sp³-hybridized carbons (Fsp3) is 0.115. The van der Waals surface area contributed by atoms with Crippen molar-refractivity contribution in [3.63, 3.8) is 0 Å². The summed E-state index contributed by atoms with van der Waals surface area (Å²) >= 11 is 0. The molecular weight excluding hydrogens is 669 g/mol. The molecular formula is C52H38N2O. The minimum Gasteiger partial charge on any atom is -0.456 e. The Morgan fingerprint density at radius 1 is 0.436 bits per heavy atom. The molecule has 2 aromatic heterocycles. The molecule has 3 heteroatoms. The molecule has 0 saturated carbocycles. The lowest BCUT2D eigenvalue weighted by Gasteiger charge is -2.27. The number of hydrogen-bond acceptors (Lipinski definition) is 2. The second-order valence-corrected chi connectivity index (χ2v) is 15.4. The molecule has 2 aliphatic rings. The number of para-hydroxylation sites is 3. The van der Waals surface area contributed by atoms with E-state index in [1.807, 2.05) is 0 Å². The number of furan rings is 1. The molecule has 0 N–H and O–H groups in total. The quantitative estimate of drug-likeness (QED) is 0.178. The lowest BCUT2D eigenvalue weighted by Crippen LogP contribution is -2.10. The van der Waals surface area contributed by atoms with E-state index in [0.29, 0.717) is 0 Å². The Kier molecular flexibility index (Phi) is 6.71. The maximum atomic E-state index is 6.82. The molecule has 0 radical (unpaired) electrons. The standard InChI is InChI=1S/C52H38N2O/c1-2-15-36(16-3-1)54-48-22-8-6-17-43(48)44-27-26-38(31-49(44)54)53(37-25-24-33-12-4-5-13-34(33)28-37)39-30-47(52-45-18-7-9-23-50(45)55-51(52)32-39)46-29-35-14-10-19-40(35)41-20-11-21-42(41)46/h1-9,12-13,15-18,22-32H,10-11,14,19-21H2. The zero-order valence-corrected chi connectivity index (χ0v) is 30.6. The molecule has 2 aliphatic carbocycles. The molecule has 0 spiro atoms. The first kappa shape index (κ1) is 30.8. The summed E-state index contributed by atoms with van der Waals surface area (Å²) in [6.45, 7) is 0. The summed E-state index contributed by atoms with van der Waals surface area (Å²) < 4.78 is 9.23. The van der Waals surface area contributed by atoms with E-state index in [1.54, 1.807) is 22.3 Å². The van der Waals surface area contributed by atoms with Gasteiger partial charge in [-0.2, -0.15) is 0 Å². The van der Waals surface area contributed by atoms with Crippen LogP contribution in [0.25, 0.3) is 71.3 Å². The van der Waals surface area contributed by atoms with Crippen LogP contribution in [-0.2, 0) is 25.7 Å². The number of aromatic nitrogens is 1. The smallest absolute Gasteiger partial charge is 0.138 e. The van der Waals surface area contributed by atoms with E-state index in [9.17, 15) is 0 Å². The molecule has 0 atom stereocenters. The van der Waals surface area contributed by atoms with Crippen molar-refractivity contribution < 1.29 is 4.42 Å². The van der Waals surface area contributed by atoms with Gasteiger partial charge in [0, 0.05) is 44.7 Å². The first-order chi connectivity index (χ1) is 27.3. The molecule has 3 nitrogen and oxygen atoms in total. The predicted molar refractivity (Wildman–Crippen MR) is 230 cm³/mol. The summed E-state index contributed by atoms with van der Waals surface area (Å²) in [5.74, 6) is 0. The van der Waals surface area contributed by atoms with Gasteiger partial charge in [0.15, 0.2) is 0 Å². The maximum Gasteiger partial charge on any atom is 0.138 e. The highest BCUT2D eigenvalue weighted by molar-refractivity contribution is 6.15. The predicted octanol–water partition coefficient (Wildman–Crippen LogP) is 14.0. The Labute approximate surface area is 319 Å². The van der Waals surface area contributed by atoms with E-state index in [-0.39, 0.29) is 0 Å². The van der Waals surface area contributed by atoms with Gasteiger partial charge in [0.2, 0.25) is 0 Å². The van der Waals surface area contributed by atoms with Gasteiger partial charge in [0.1, 0.15) is 11.2 Å². The highest BCUT2D eigenvalue weighted by Gasteiger charge is 2.28. The summed E-state index contributed by atoms with van der Waals surface area (Å²) in [4.78, 5) is 2.45. The molecule has 0 saturated heterocycles. The highest BCUT2D eigenvalue weighted by atomic mass is 16.3. The van der Waals surface area contributed by atoms with Crippen LogP contribution in [0.15, 0.2) is 162 Å². The molecule has 8 aromatic carbocycles. The largest absolute Gasteiger partial charge is 0.456 e. The van der Waals surface area contributed by atoms with Crippen molar-refractivity contribution in [2.45, 2.75) is 38.5 Å². The fourth-order valence-corrected chi connectivity index (χ4v) is 10.0. The molecule has 12 rings (SSSR count). The van der Waals surface area contributed by atoms with E-state index in [4.69, 9.17) is 4.42 Å². The van der Waals surface area contributed by atoms with Gasteiger partial charge in [0.25, 0.3) is 0 Å². The lowest BCUT2D eigenvalue weighted by atomic mass is 9.88. The third kappa shape index (κ3) is 4.69. The average molecular weight is 707 g/mol. The van der Waals surface area contributed by atoms with Crippen LogP contribution >= 0.6 is 0 Å². The van der Waals surface area contributed by atoms with Gasteiger partial charge in [-0.3, -0.25) is 0 Å². The molecule has 0 aliphatic heterocycles. The van der Waals surface area contributed by atoms with E-state index < -0.39 is 0 Å². The van der Waals surface area contributed by atoms with E-state index in [0.717, 1.165) is 40.3 Å². The number of hydrogen-bond donors (Lipinski definition) is 0. The van der Waals surface area contributed by atoms with E-state index in [1.165, 1.54) is 86.6 Å². The molecule has 10 aromatic rings. The lowest BCUT2D eigenvalue weighted by molar-refractivity contribution is 0.669. The minimum atomic E-state index is 0.922. The van der Waals surface area contributed by atoms with E-state index in [2.05, 4.69) is 167 Å². The van der Waals surface area contributed by atoms with Crippen molar-refractivity contribution in [1.82, 2.24) is 4.57 Å². The SMILES string of the molecule is c1ccc(-n2c3ccccc3c3ccc(N(c4ccc5ccccc5c4)c4cc(-c5cc6c(c7c5CCC7)CCC6)c5c(c4)oc4ccccc45)cc32)cc1. The van der Waals surface area contributed by atoms with Gasteiger partial charge in [0.05, 0.1) is 16.7 Å². The Morgan fingerprint density at radius 3 is 2.07 bits per heavy atom. The van der Waals surface area contributed by atoms with Crippen LogP contribution in [0.2, 0.25) is 0 Å². The third-order valence-electron chi connectivity index (χ3n) is 12.4. The number of nitrogens with zero attached hydrogens (tertiary/aromatic N) is 2. The van der Waals surface area contributed by atoms with Crippen LogP contribution in [0.4, 0.5) is 17.1 Å². The number of aryl methyl sites for hydroxylation is 1. The number of benzene rings is 8. The molecule has 55 heavy (non-hydrogen) atoms. The van der Waals surface area contributed by atoms with Crippen molar-refractivity contribution in [3.05, 3.63) is 180 Å². The van der Waals surface area contributed by atoms with Crippen molar-refractivity contribution in [3.8, 4) is 16.8 Å². The van der Waals surface area contributed by atoms with Gasteiger partial charge in [-0.1, -0.05) is 97.1 Å². The van der Waals surface area contributed by atoms with Crippen molar-refractivity contribution in [2.24, 2.45) is 0 Å². The summed E-state index contributed by atoms with van der Waals surface area (Å²) in [5.41, 5.74) is 17.7. The zero-order valence-electron chi connectivity index (χ0n) is 30.6. The number of fused-ring (bicyclic) bond motifs is 10. The molecule has 2 heterocycles. The normalized spacial score (nSPS) is 13.7. The molecule has 0 bridgehead atoms. The number of rotatable bonds is 5. The Morgan fingerprint density at radius 2 is 1.15 bits per heavy atom. The molecule has 0 unspecified atom stereocenters. The van der Waals surface area contributed by atoms with E-state index >= 15 is 0 Å². The van der Waals surface area contributed by atoms with Crippen LogP contribution in [0, 0.1) is 0 Å². The van der Waals surface area contributed by atoms with Crippen molar-refractivity contribution >= 4 is 71.6 Å². The van der Waals surface area contributed by atoms with Gasteiger partial charge in [-0.25, -0.2) is 0 Å². The first-order valence-corrected chi connectivity index (χ1v) is 19.8. The topological polar surface area (TPSA) is 21.3 Å². The molecule has 0 amide bonds. The summed E-state index contributed by atoms with van der Waals surface area (Å²) in [5, 5.41) is 7.33. The summed E-state index contributed by atoms with van der Waals surface area (Å²) in [7, 11) is 0. The van der Waals surface area contributed by atoms with Crippen molar-refractivity contribution in [2.75, 3.05) is 4.90 Å². The van der Waals surface area contributed by atoms with Crippen LogP contribution in [0.5, 0.6) is 0 Å². The van der Waals surface area contributed by atoms with Crippen LogP contribution < -0.4 is 4.90 Å². The Hall–Kier alpha value is -6.58. The molecule has 262 valence electrons. The van der Waals surface area contributed by atoms with Gasteiger partial charge >= 0.3 is 0 Å². The Balaban J connectivity index is 1.17. The minimum absolute atomic E-state index is 0.922. The second-order valence-electron chi connectivity index (χ2n) is 15.4. The number of anilines is 3. The maximum absolute atomic E-state index is 6.82. The summed E-state index contributed by atoms with van der Waals surface area (Å²) in [6, 6.07) is 57.9. The first-order valence-electron chi connectivity index (χ1n) is 19.8. The van der Waals surface area contributed by atoms with Gasteiger partial charge in [-0.05, 0) is 137 Å². The fourth-order valence-electron chi connectivity index (χ4n) is 10.0. The van der Waals surface area contributed by atoms with Gasteiger partial charge in [-0.15, -0.1) is 0 Å². The summed E-state index contributed by atoms with van der Waals surface area (Å²) in [6.07, 6.45) is 7.20. The zero-order chi connectivity index (χ0) is 36.0. The van der Waals surface area contributed by atoms with Crippen molar-refractivity contribution in [1.29, 1.82) is 0 Å². The van der Waals surface area contributed by atoms with Crippen LogP contribution in [0.3, 0.4) is 0 Å². The Bertz CT molecular complexity index is 3160.